The van der Waals surface area contributed by atoms with E-state index in [-0.39, 0.29) is 6.42 Å². The van der Waals surface area contributed by atoms with Crippen molar-refractivity contribution in [2.24, 2.45) is 0 Å². The van der Waals surface area contributed by atoms with Crippen LogP contribution in [0.15, 0.2) is 23.1 Å². The van der Waals surface area contributed by atoms with Crippen LogP contribution in [-0.2, 0) is 4.79 Å². The van der Waals surface area contributed by atoms with E-state index in [1.807, 2.05) is 19.1 Å². The molecule has 0 saturated carbocycles. The molecule has 0 aromatic heterocycles. The van der Waals surface area contributed by atoms with E-state index in [1.54, 1.807) is 11.8 Å². The molecule has 0 atom stereocenters. The third-order valence-electron chi connectivity index (χ3n) is 2.46. The summed E-state index contributed by atoms with van der Waals surface area (Å²) >= 11 is 1.74. The number of carbonyl (C=O) groups is 1. The summed E-state index contributed by atoms with van der Waals surface area (Å²) in [7, 11) is 0. The van der Waals surface area contributed by atoms with Crippen molar-refractivity contribution in [3.05, 3.63) is 23.8 Å². The summed E-state index contributed by atoms with van der Waals surface area (Å²) < 4.78 is 0. The first-order chi connectivity index (χ1) is 8.09. The molecule has 0 unspecified atom stereocenters. The third-order valence-corrected chi connectivity index (χ3v) is 3.63. The van der Waals surface area contributed by atoms with Crippen LogP contribution in [0.2, 0.25) is 0 Å². The smallest absolute Gasteiger partial charge is 0.303 e. The molecule has 1 rings (SSSR count). The van der Waals surface area contributed by atoms with Crippen molar-refractivity contribution >= 4 is 23.4 Å². The second-order valence-corrected chi connectivity index (χ2v) is 5.23. The number of unbranched alkanes of at least 4 members (excludes halogenated alkanes) is 2. The van der Waals surface area contributed by atoms with Gasteiger partial charge < -0.3 is 10.8 Å². The quantitative estimate of drug-likeness (QED) is 0.444. The fourth-order valence-corrected chi connectivity index (χ4v) is 2.49. The van der Waals surface area contributed by atoms with Crippen LogP contribution in [0.5, 0.6) is 0 Å². The van der Waals surface area contributed by atoms with Crippen LogP contribution in [0.1, 0.15) is 31.2 Å². The van der Waals surface area contributed by atoms with Gasteiger partial charge in [-0.05, 0) is 43.2 Å². The molecule has 4 heteroatoms. The van der Waals surface area contributed by atoms with E-state index < -0.39 is 5.97 Å². The Hall–Kier alpha value is -1.16. The first kappa shape index (κ1) is 13.9. The van der Waals surface area contributed by atoms with Gasteiger partial charge in [-0.2, -0.15) is 0 Å². The van der Waals surface area contributed by atoms with Gasteiger partial charge in [0.25, 0.3) is 0 Å². The number of hydrogen-bond acceptors (Lipinski definition) is 3. The molecule has 0 bridgehead atoms. The predicted octanol–water partition coefficient (Wildman–Crippen LogP) is 3.31. The Morgan fingerprint density at radius 1 is 1.35 bits per heavy atom. The minimum Gasteiger partial charge on any atom is -0.481 e. The average molecular weight is 253 g/mol. The summed E-state index contributed by atoms with van der Waals surface area (Å²) in [4.78, 5) is 11.4. The Labute approximate surface area is 106 Å². The van der Waals surface area contributed by atoms with E-state index in [9.17, 15) is 4.79 Å². The number of aliphatic carboxylic acids is 1. The maximum absolute atomic E-state index is 10.3. The molecule has 0 aliphatic heterocycles. The van der Waals surface area contributed by atoms with Gasteiger partial charge in [0.15, 0.2) is 0 Å². The fraction of sp³-hybridized carbons (Fsp3) is 0.462. The van der Waals surface area contributed by atoms with Crippen LogP contribution >= 0.6 is 11.8 Å². The Morgan fingerprint density at radius 2 is 2.12 bits per heavy atom. The van der Waals surface area contributed by atoms with Gasteiger partial charge in [0, 0.05) is 17.0 Å². The predicted molar refractivity (Wildman–Crippen MR) is 72.4 cm³/mol. The standard InChI is InChI=1S/C13H19NO2S/c1-10-6-7-12(11(14)9-10)17-8-4-2-3-5-13(15)16/h6-7,9H,2-5,8,14H2,1H3,(H,15,16). The minimum absolute atomic E-state index is 0.275. The van der Waals surface area contributed by atoms with E-state index in [0.717, 1.165) is 35.6 Å². The van der Waals surface area contributed by atoms with Crippen molar-refractivity contribution < 1.29 is 9.90 Å². The highest BCUT2D eigenvalue weighted by Crippen LogP contribution is 2.26. The summed E-state index contributed by atoms with van der Waals surface area (Å²) in [5.74, 6) is 0.285. The molecule has 0 fully saturated rings. The van der Waals surface area contributed by atoms with E-state index >= 15 is 0 Å². The van der Waals surface area contributed by atoms with E-state index in [1.165, 1.54) is 5.56 Å². The van der Waals surface area contributed by atoms with Crippen molar-refractivity contribution in [1.82, 2.24) is 0 Å². The maximum atomic E-state index is 10.3. The number of benzene rings is 1. The van der Waals surface area contributed by atoms with Crippen LogP contribution in [0.4, 0.5) is 5.69 Å². The van der Waals surface area contributed by atoms with Crippen LogP contribution in [-0.4, -0.2) is 16.8 Å². The van der Waals surface area contributed by atoms with E-state index in [4.69, 9.17) is 10.8 Å². The highest BCUT2D eigenvalue weighted by Gasteiger charge is 2.00. The molecule has 3 N–H and O–H groups in total. The largest absolute Gasteiger partial charge is 0.481 e. The zero-order chi connectivity index (χ0) is 12.7. The van der Waals surface area contributed by atoms with Crippen molar-refractivity contribution in [2.75, 3.05) is 11.5 Å². The first-order valence-electron chi connectivity index (χ1n) is 5.80. The lowest BCUT2D eigenvalue weighted by Crippen LogP contribution is -1.94. The van der Waals surface area contributed by atoms with E-state index in [2.05, 4.69) is 6.07 Å². The monoisotopic (exact) mass is 253 g/mol. The van der Waals surface area contributed by atoms with E-state index in [0.29, 0.717) is 0 Å². The van der Waals surface area contributed by atoms with Gasteiger partial charge in [0.05, 0.1) is 0 Å². The van der Waals surface area contributed by atoms with Gasteiger partial charge in [-0.25, -0.2) is 0 Å². The van der Waals surface area contributed by atoms with Gasteiger partial charge in [-0.15, -0.1) is 11.8 Å². The minimum atomic E-state index is -0.708. The Balaban J connectivity index is 2.20. The Kier molecular flexibility index (Phi) is 5.91. The summed E-state index contributed by atoms with van der Waals surface area (Å²) in [5, 5.41) is 8.49. The van der Waals surface area contributed by atoms with Crippen molar-refractivity contribution in [3.63, 3.8) is 0 Å². The highest BCUT2D eigenvalue weighted by atomic mass is 32.2. The average Bonchev–Trinajstić information content (AvgIpc) is 2.25. The number of hydrogen-bond donors (Lipinski definition) is 2. The van der Waals surface area contributed by atoms with Gasteiger partial charge >= 0.3 is 5.97 Å². The lowest BCUT2D eigenvalue weighted by Gasteiger charge is -2.06. The maximum Gasteiger partial charge on any atom is 0.303 e. The molecule has 3 nitrogen and oxygen atoms in total. The summed E-state index contributed by atoms with van der Waals surface area (Å²) in [6, 6.07) is 6.09. The number of thioether (sulfide) groups is 1. The second kappa shape index (κ2) is 7.22. The molecule has 0 spiro atoms. The zero-order valence-electron chi connectivity index (χ0n) is 10.1. The van der Waals surface area contributed by atoms with Gasteiger partial charge in [0.2, 0.25) is 0 Å². The Morgan fingerprint density at radius 3 is 2.76 bits per heavy atom. The lowest BCUT2D eigenvalue weighted by atomic mass is 10.2. The molecule has 0 radical (unpaired) electrons. The SMILES string of the molecule is Cc1ccc(SCCCCCC(=O)O)c(N)c1. The van der Waals surface area contributed by atoms with Crippen LogP contribution in [0, 0.1) is 6.92 Å². The second-order valence-electron chi connectivity index (χ2n) is 4.09. The lowest BCUT2D eigenvalue weighted by molar-refractivity contribution is -0.137. The summed E-state index contributed by atoms with van der Waals surface area (Å²) in [6.07, 6.45) is 3.03. The first-order valence-corrected chi connectivity index (χ1v) is 6.79. The van der Waals surface area contributed by atoms with Crippen molar-refractivity contribution in [3.8, 4) is 0 Å². The number of rotatable bonds is 7. The molecule has 17 heavy (non-hydrogen) atoms. The summed E-state index contributed by atoms with van der Waals surface area (Å²) in [5.41, 5.74) is 7.91. The molecular weight excluding hydrogens is 234 g/mol. The van der Waals surface area contributed by atoms with Crippen LogP contribution in [0.3, 0.4) is 0 Å². The topological polar surface area (TPSA) is 63.3 Å². The summed E-state index contributed by atoms with van der Waals surface area (Å²) in [6.45, 7) is 2.02. The molecular formula is C13H19NO2S. The normalized spacial score (nSPS) is 10.4. The highest BCUT2D eigenvalue weighted by molar-refractivity contribution is 7.99. The van der Waals surface area contributed by atoms with Crippen LogP contribution < -0.4 is 5.73 Å². The number of carboxylic acids is 1. The zero-order valence-corrected chi connectivity index (χ0v) is 10.9. The van der Waals surface area contributed by atoms with Crippen LogP contribution in [0.25, 0.3) is 0 Å². The van der Waals surface area contributed by atoms with Gasteiger partial charge in [-0.1, -0.05) is 12.5 Å². The molecule has 0 saturated heterocycles. The fourth-order valence-electron chi connectivity index (χ4n) is 1.54. The van der Waals surface area contributed by atoms with Crippen molar-refractivity contribution in [2.45, 2.75) is 37.5 Å². The van der Waals surface area contributed by atoms with Gasteiger partial charge in [0.1, 0.15) is 0 Å². The molecule has 1 aromatic carbocycles. The number of nitrogen functional groups attached to an aromatic ring is 1. The third kappa shape index (κ3) is 5.63. The number of aryl methyl sites for hydroxylation is 1. The number of carboxylic acid groups (broad SMARTS) is 1. The van der Waals surface area contributed by atoms with Gasteiger partial charge in [-0.3, -0.25) is 4.79 Å². The number of anilines is 1. The molecule has 0 aliphatic carbocycles. The molecule has 0 heterocycles. The molecule has 0 aliphatic rings. The number of nitrogens with two attached hydrogens (primary N) is 1. The molecule has 1 aromatic rings. The Bertz CT molecular complexity index is 380. The van der Waals surface area contributed by atoms with Crippen molar-refractivity contribution in [1.29, 1.82) is 0 Å². The molecule has 0 amide bonds. The molecule has 94 valence electrons.